The van der Waals surface area contributed by atoms with Crippen molar-refractivity contribution >= 4 is 6.03 Å². The Bertz CT molecular complexity index is 551. The average Bonchev–Trinajstić information content (AvgIpc) is 2.46. The van der Waals surface area contributed by atoms with Crippen LogP contribution < -0.4 is 10.1 Å². The fraction of sp³-hybridized carbons (Fsp3) is 0.500. The zero-order chi connectivity index (χ0) is 17.8. The number of hydrogen-bond acceptors (Lipinski definition) is 3. The van der Waals surface area contributed by atoms with Gasteiger partial charge >= 0.3 is 12.2 Å². The molecule has 0 aromatic heterocycles. The second-order valence-electron chi connectivity index (χ2n) is 5.00. The molecule has 0 aliphatic carbocycles. The molecular formula is C14H18F4N2O3. The molecule has 1 aromatic rings. The number of halogens is 4. The standard InChI is InChI=1S/C14H18F4N2O3/c1-8(9-4-5-10(15)11(6-9)23-3)19-13(22)20(2)7-12(21)14(16,17)18/h4-6,8,12,21H,7H2,1-3H3,(H,19,22). The molecule has 130 valence electrons. The molecule has 2 amide bonds. The van der Waals surface area contributed by atoms with Crippen LogP contribution in [0.25, 0.3) is 0 Å². The molecule has 0 heterocycles. The smallest absolute Gasteiger partial charge is 0.416 e. The molecule has 0 saturated carbocycles. The number of aliphatic hydroxyl groups excluding tert-OH is 1. The molecule has 1 aromatic carbocycles. The Kier molecular flexibility index (Phi) is 6.20. The maximum absolute atomic E-state index is 13.3. The average molecular weight is 338 g/mol. The third-order valence-electron chi connectivity index (χ3n) is 3.19. The monoisotopic (exact) mass is 338 g/mol. The highest BCUT2D eigenvalue weighted by Gasteiger charge is 2.39. The fourth-order valence-electron chi connectivity index (χ4n) is 1.77. The van der Waals surface area contributed by atoms with Crippen LogP contribution in [-0.4, -0.2) is 49.0 Å². The molecule has 0 bridgehead atoms. The van der Waals surface area contributed by atoms with Crippen LogP contribution in [0.5, 0.6) is 5.75 Å². The van der Waals surface area contributed by atoms with E-state index in [1.807, 2.05) is 0 Å². The predicted octanol–water partition coefficient (Wildman–Crippen LogP) is 2.46. The molecule has 2 N–H and O–H groups in total. The van der Waals surface area contributed by atoms with Gasteiger partial charge in [0.15, 0.2) is 17.7 Å². The maximum atomic E-state index is 13.3. The number of aliphatic hydroxyl groups is 1. The van der Waals surface area contributed by atoms with Crippen LogP contribution in [0.3, 0.4) is 0 Å². The highest BCUT2D eigenvalue weighted by Crippen LogP contribution is 2.23. The summed E-state index contributed by atoms with van der Waals surface area (Å²) in [6.07, 6.45) is -7.43. The van der Waals surface area contributed by atoms with E-state index in [0.29, 0.717) is 5.56 Å². The number of carbonyl (C=O) groups excluding carboxylic acids is 1. The number of nitrogens with one attached hydrogen (secondary N) is 1. The summed E-state index contributed by atoms with van der Waals surface area (Å²) in [4.78, 5) is 12.6. The van der Waals surface area contributed by atoms with Gasteiger partial charge in [-0.25, -0.2) is 9.18 Å². The van der Waals surface area contributed by atoms with E-state index in [1.165, 1.54) is 19.2 Å². The first kappa shape index (κ1) is 19.0. The molecule has 0 aliphatic heterocycles. The third-order valence-corrected chi connectivity index (χ3v) is 3.19. The van der Waals surface area contributed by atoms with E-state index in [9.17, 15) is 22.4 Å². The molecule has 5 nitrogen and oxygen atoms in total. The summed E-state index contributed by atoms with van der Waals surface area (Å²) in [6.45, 7) is 0.688. The summed E-state index contributed by atoms with van der Waals surface area (Å²) < 4.78 is 54.9. The highest BCUT2D eigenvalue weighted by atomic mass is 19.4. The van der Waals surface area contributed by atoms with Crippen molar-refractivity contribution in [3.05, 3.63) is 29.6 Å². The number of amides is 2. The second kappa shape index (κ2) is 7.49. The van der Waals surface area contributed by atoms with Gasteiger partial charge in [0, 0.05) is 7.05 Å². The van der Waals surface area contributed by atoms with Gasteiger partial charge in [-0.2, -0.15) is 13.2 Å². The Morgan fingerprint density at radius 1 is 1.43 bits per heavy atom. The fourth-order valence-corrected chi connectivity index (χ4v) is 1.77. The first-order valence-corrected chi connectivity index (χ1v) is 6.66. The Labute approximate surface area is 130 Å². The van der Waals surface area contributed by atoms with Crippen LogP contribution in [0.4, 0.5) is 22.4 Å². The molecule has 0 radical (unpaired) electrons. The summed E-state index contributed by atoms with van der Waals surface area (Å²) in [7, 11) is 2.42. The number of nitrogens with zero attached hydrogens (tertiary/aromatic N) is 1. The van der Waals surface area contributed by atoms with Crippen molar-refractivity contribution in [2.24, 2.45) is 0 Å². The lowest BCUT2D eigenvalue weighted by molar-refractivity contribution is -0.205. The van der Waals surface area contributed by atoms with Gasteiger partial charge in [0.25, 0.3) is 0 Å². The van der Waals surface area contributed by atoms with Crippen LogP contribution >= 0.6 is 0 Å². The summed E-state index contributed by atoms with van der Waals surface area (Å²) >= 11 is 0. The number of ether oxygens (including phenoxy) is 1. The zero-order valence-electron chi connectivity index (χ0n) is 12.8. The lowest BCUT2D eigenvalue weighted by Crippen LogP contribution is -2.46. The Morgan fingerprint density at radius 3 is 2.57 bits per heavy atom. The number of carbonyl (C=O) groups is 1. The minimum atomic E-state index is -4.80. The Balaban J connectivity index is 2.69. The van der Waals surface area contributed by atoms with Crippen LogP contribution in [0.1, 0.15) is 18.5 Å². The largest absolute Gasteiger partial charge is 0.494 e. The molecule has 0 aliphatic rings. The normalized spacial score (nSPS) is 14.1. The van der Waals surface area contributed by atoms with E-state index < -0.39 is 36.7 Å². The van der Waals surface area contributed by atoms with E-state index in [2.05, 4.69) is 5.32 Å². The zero-order valence-corrected chi connectivity index (χ0v) is 12.8. The number of likely N-dealkylation sites (N-methyl/N-ethyl adjacent to an activating group) is 1. The minimum absolute atomic E-state index is 0.00977. The Morgan fingerprint density at radius 2 is 2.04 bits per heavy atom. The van der Waals surface area contributed by atoms with E-state index >= 15 is 0 Å². The van der Waals surface area contributed by atoms with Crippen molar-refractivity contribution in [3.8, 4) is 5.75 Å². The van der Waals surface area contributed by atoms with E-state index in [0.717, 1.165) is 18.0 Å². The minimum Gasteiger partial charge on any atom is -0.494 e. The quantitative estimate of drug-likeness (QED) is 0.811. The van der Waals surface area contributed by atoms with Gasteiger partial charge in [-0.15, -0.1) is 0 Å². The van der Waals surface area contributed by atoms with E-state index in [1.54, 1.807) is 6.92 Å². The van der Waals surface area contributed by atoms with Crippen molar-refractivity contribution in [2.75, 3.05) is 20.7 Å². The van der Waals surface area contributed by atoms with Gasteiger partial charge in [-0.1, -0.05) is 6.07 Å². The Hall–Kier alpha value is -2.03. The molecule has 1 rings (SSSR count). The molecule has 0 fully saturated rings. The third kappa shape index (κ3) is 5.27. The maximum Gasteiger partial charge on any atom is 0.416 e. The number of methoxy groups -OCH3 is 1. The van der Waals surface area contributed by atoms with E-state index in [4.69, 9.17) is 9.84 Å². The van der Waals surface area contributed by atoms with Crippen molar-refractivity contribution in [1.29, 1.82) is 0 Å². The first-order chi connectivity index (χ1) is 10.6. The number of rotatable bonds is 5. The van der Waals surface area contributed by atoms with Gasteiger partial charge in [-0.3, -0.25) is 0 Å². The number of alkyl halides is 3. The molecular weight excluding hydrogens is 320 g/mol. The van der Waals surface area contributed by atoms with Crippen molar-refractivity contribution in [1.82, 2.24) is 10.2 Å². The van der Waals surface area contributed by atoms with E-state index in [-0.39, 0.29) is 5.75 Å². The summed E-state index contributed by atoms with van der Waals surface area (Å²) in [6, 6.07) is 2.57. The van der Waals surface area contributed by atoms with Crippen LogP contribution in [0.2, 0.25) is 0 Å². The van der Waals surface area contributed by atoms with Gasteiger partial charge in [0.1, 0.15) is 0 Å². The van der Waals surface area contributed by atoms with Gasteiger partial charge in [-0.05, 0) is 24.6 Å². The summed E-state index contributed by atoms with van der Waals surface area (Å²) in [5.41, 5.74) is 0.515. The number of hydrogen-bond donors (Lipinski definition) is 2. The highest BCUT2D eigenvalue weighted by molar-refractivity contribution is 5.74. The molecule has 2 atom stereocenters. The lowest BCUT2D eigenvalue weighted by atomic mass is 10.1. The van der Waals surface area contributed by atoms with Gasteiger partial charge < -0.3 is 20.1 Å². The van der Waals surface area contributed by atoms with Crippen molar-refractivity contribution < 1.29 is 32.2 Å². The van der Waals surface area contributed by atoms with Crippen molar-refractivity contribution in [2.45, 2.75) is 25.2 Å². The second-order valence-corrected chi connectivity index (χ2v) is 5.00. The molecule has 23 heavy (non-hydrogen) atoms. The molecule has 0 saturated heterocycles. The van der Waals surface area contributed by atoms with Gasteiger partial charge in [0.2, 0.25) is 0 Å². The van der Waals surface area contributed by atoms with Crippen LogP contribution in [0, 0.1) is 5.82 Å². The first-order valence-electron chi connectivity index (χ1n) is 6.66. The van der Waals surface area contributed by atoms with Gasteiger partial charge in [0.05, 0.1) is 19.7 Å². The number of urea groups is 1. The molecule has 0 spiro atoms. The van der Waals surface area contributed by atoms with Crippen molar-refractivity contribution in [3.63, 3.8) is 0 Å². The number of benzene rings is 1. The molecule has 2 unspecified atom stereocenters. The topological polar surface area (TPSA) is 61.8 Å². The summed E-state index contributed by atoms with van der Waals surface area (Å²) in [5, 5.41) is 11.4. The lowest BCUT2D eigenvalue weighted by Gasteiger charge is -2.24. The molecule has 9 heteroatoms. The summed E-state index contributed by atoms with van der Waals surface area (Å²) in [5.74, 6) is -0.579. The SMILES string of the molecule is COc1cc(C(C)NC(=O)N(C)CC(O)C(F)(F)F)ccc1F. The van der Waals surface area contributed by atoms with Crippen LogP contribution in [-0.2, 0) is 0 Å². The predicted molar refractivity (Wildman–Crippen MR) is 74.6 cm³/mol. The van der Waals surface area contributed by atoms with Crippen LogP contribution in [0.15, 0.2) is 18.2 Å².